The van der Waals surface area contributed by atoms with Gasteiger partial charge >= 0.3 is 0 Å². The number of rotatable bonds is 4. The van der Waals surface area contributed by atoms with Gasteiger partial charge in [-0.1, -0.05) is 60.7 Å². The van der Waals surface area contributed by atoms with Crippen molar-refractivity contribution in [3.63, 3.8) is 0 Å². The predicted molar refractivity (Wildman–Crippen MR) is 88.2 cm³/mol. The molecule has 0 saturated heterocycles. The van der Waals surface area contributed by atoms with E-state index in [1.807, 2.05) is 60.7 Å². The van der Waals surface area contributed by atoms with E-state index in [9.17, 15) is 10.1 Å². The molecule has 4 heteroatoms. The number of anilines is 1. The fourth-order valence-corrected chi connectivity index (χ4v) is 2.56. The van der Waals surface area contributed by atoms with Crippen molar-refractivity contribution in [1.29, 1.82) is 0 Å². The molecule has 0 atom stereocenters. The molecule has 2 N–H and O–H groups in total. The Morgan fingerprint density at radius 3 is 1.77 bits per heavy atom. The molecule has 0 aromatic heterocycles. The Kier molecular flexibility index (Phi) is 3.94. The molecule has 0 heterocycles. The maximum Gasteiger partial charge on any atom is 0.116 e. The van der Waals surface area contributed by atoms with E-state index in [4.69, 9.17) is 0 Å². The van der Waals surface area contributed by atoms with Crippen LogP contribution in [-0.2, 0) is 0 Å². The lowest BCUT2D eigenvalue weighted by Crippen LogP contribution is -1.96. The van der Waals surface area contributed by atoms with Crippen LogP contribution in [0.3, 0.4) is 0 Å². The number of nitrogens with zero attached hydrogens (tertiary/aromatic N) is 1. The van der Waals surface area contributed by atoms with Crippen molar-refractivity contribution >= 4 is 11.4 Å². The Labute approximate surface area is 128 Å². The molecule has 3 aromatic carbocycles. The summed E-state index contributed by atoms with van der Waals surface area (Å²) in [6, 6.07) is 22.4. The Morgan fingerprint density at radius 1 is 0.727 bits per heavy atom. The van der Waals surface area contributed by atoms with Crippen LogP contribution in [0.25, 0.3) is 22.3 Å². The second kappa shape index (κ2) is 6.20. The van der Waals surface area contributed by atoms with Crippen molar-refractivity contribution < 1.29 is 5.21 Å². The van der Waals surface area contributed by atoms with Crippen LogP contribution in [0.5, 0.6) is 0 Å². The zero-order chi connectivity index (χ0) is 15.4. The summed E-state index contributed by atoms with van der Waals surface area (Å²) < 4.78 is 0. The van der Waals surface area contributed by atoms with Crippen molar-refractivity contribution in [3.8, 4) is 22.3 Å². The largest absolute Gasteiger partial charge is 0.291 e. The van der Waals surface area contributed by atoms with Gasteiger partial charge in [-0.05, 0) is 28.4 Å². The monoisotopic (exact) mass is 290 g/mol. The van der Waals surface area contributed by atoms with Gasteiger partial charge in [-0.25, -0.2) is 0 Å². The van der Waals surface area contributed by atoms with Gasteiger partial charge in [-0.3, -0.25) is 10.7 Å². The van der Waals surface area contributed by atoms with E-state index >= 15 is 0 Å². The first-order valence-electron chi connectivity index (χ1n) is 6.86. The van der Waals surface area contributed by atoms with Gasteiger partial charge in [0.05, 0.1) is 5.69 Å². The van der Waals surface area contributed by atoms with Crippen LogP contribution in [0.2, 0.25) is 0 Å². The highest BCUT2D eigenvalue weighted by Crippen LogP contribution is 2.43. The summed E-state index contributed by atoms with van der Waals surface area (Å²) in [6.07, 6.45) is 0. The molecule has 0 amide bonds. The van der Waals surface area contributed by atoms with Crippen LogP contribution in [0.1, 0.15) is 0 Å². The van der Waals surface area contributed by atoms with Crippen LogP contribution in [0.4, 0.5) is 11.4 Å². The summed E-state index contributed by atoms with van der Waals surface area (Å²) in [5.74, 6) is 0. The maximum absolute atomic E-state index is 11.3. The highest BCUT2D eigenvalue weighted by Gasteiger charge is 2.17. The number of benzene rings is 3. The summed E-state index contributed by atoms with van der Waals surface area (Å²) in [7, 11) is 0. The van der Waals surface area contributed by atoms with Crippen LogP contribution >= 0.6 is 0 Å². The van der Waals surface area contributed by atoms with E-state index in [0.717, 1.165) is 16.7 Å². The number of hydrogen-bond acceptors (Lipinski definition) is 4. The molecular formula is C18H14N2O2. The molecule has 0 bridgehead atoms. The van der Waals surface area contributed by atoms with Gasteiger partial charge in [0, 0.05) is 11.1 Å². The number of hydrogen-bond donors (Lipinski definition) is 2. The molecule has 0 spiro atoms. The van der Waals surface area contributed by atoms with Crippen molar-refractivity contribution in [2.75, 3.05) is 5.48 Å². The molecule has 3 aromatic rings. The zero-order valence-corrected chi connectivity index (χ0v) is 11.7. The quantitative estimate of drug-likeness (QED) is 0.511. The molecule has 0 fully saturated rings. The summed E-state index contributed by atoms with van der Waals surface area (Å²) in [6.45, 7) is 0. The average Bonchev–Trinajstić information content (AvgIpc) is 2.61. The molecule has 0 aliphatic rings. The fraction of sp³-hybridized carbons (Fsp3) is 0. The lowest BCUT2D eigenvalue weighted by atomic mass is 9.91. The van der Waals surface area contributed by atoms with E-state index in [1.54, 1.807) is 12.1 Å². The van der Waals surface area contributed by atoms with E-state index in [2.05, 4.69) is 10.7 Å². The Bertz CT molecular complexity index is 787. The second-order valence-electron chi connectivity index (χ2n) is 4.82. The second-order valence-corrected chi connectivity index (χ2v) is 4.82. The minimum absolute atomic E-state index is 0.337. The van der Waals surface area contributed by atoms with Crippen molar-refractivity contribution in [2.45, 2.75) is 0 Å². The molecule has 108 valence electrons. The minimum Gasteiger partial charge on any atom is -0.291 e. The first-order valence-corrected chi connectivity index (χ1v) is 6.86. The molecule has 0 saturated carbocycles. The number of nitroso groups, excluding NO2 is 1. The molecule has 3 rings (SSSR count). The smallest absolute Gasteiger partial charge is 0.116 e. The predicted octanol–water partition coefficient (Wildman–Crippen LogP) is 5.22. The summed E-state index contributed by atoms with van der Waals surface area (Å²) >= 11 is 0. The summed E-state index contributed by atoms with van der Waals surface area (Å²) in [4.78, 5) is 11.3. The van der Waals surface area contributed by atoms with Gasteiger partial charge in [0.25, 0.3) is 0 Å². The highest BCUT2D eigenvalue weighted by atomic mass is 16.5. The van der Waals surface area contributed by atoms with Crippen molar-refractivity contribution in [2.24, 2.45) is 5.18 Å². The lowest BCUT2D eigenvalue weighted by Gasteiger charge is -2.16. The van der Waals surface area contributed by atoms with Crippen LogP contribution < -0.4 is 5.48 Å². The molecular weight excluding hydrogens is 276 g/mol. The van der Waals surface area contributed by atoms with E-state index < -0.39 is 0 Å². The summed E-state index contributed by atoms with van der Waals surface area (Å²) in [5, 5.41) is 12.6. The fourth-order valence-electron chi connectivity index (χ4n) is 2.56. The molecule has 0 radical (unpaired) electrons. The van der Waals surface area contributed by atoms with Crippen LogP contribution in [0, 0.1) is 4.91 Å². The molecule has 0 aliphatic carbocycles. The van der Waals surface area contributed by atoms with Crippen molar-refractivity contribution in [1.82, 2.24) is 0 Å². The first-order chi connectivity index (χ1) is 10.8. The highest BCUT2D eigenvalue weighted by molar-refractivity contribution is 5.97. The summed E-state index contributed by atoms with van der Waals surface area (Å²) in [5.41, 5.74) is 6.27. The van der Waals surface area contributed by atoms with Gasteiger partial charge in [0.2, 0.25) is 0 Å². The first kappa shape index (κ1) is 14.0. The molecule has 0 aliphatic heterocycles. The van der Waals surface area contributed by atoms with Gasteiger partial charge < -0.3 is 0 Å². The van der Waals surface area contributed by atoms with Gasteiger partial charge in [-0.2, -0.15) is 0 Å². The SMILES string of the molecule is O=Nc1ccc(NO)c(-c2ccccc2)c1-c1ccccc1. The zero-order valence-electron chi connectivity index (χ0n) is 11.7. The Morgan fingerprint density at radius 2 is 1.27 bits per heavy atom. The minimum atomic E-state index is 0.337. The standard InChI is InChI=1S/C18H14N2O2/c21-19-15-11-12-16(20-22)18(14-9-5-2-6-10-14)17(15)13-7-3-1-4-8-13/h1-12,19,21H. The Balaban J connectivity index is 2.37. The molecule has 4 nitrogen and oxygen atoms in total. The molecule has 0 unspecified atom stereocenters. The topological polar surface area (TPSA) is 61.7 Å². The Hall–Kier alpha value is -2.98. The van der Waals surface area contributed by atoms with Crippen molar-refractivity contribution in [3.05, 3.63) is 77.7 Å². The van der Waals surface area contributed by atoms with E-state index in [0.29, 0.717) is 16.9 Å². The van der Waals surface area contributed by atoms with E-state index in [-0.39, 0.29) is 0 Å². The van der Waals surface area contributed by atoms with Gasteiger partial charge in [0.1, 0.15) is 5.69 Å². The third-order valence-corrected chi connectivity index (χ3v) is 3.53. The van der Waals surface area contributed by atoms with Gasteiger partial charge in [0.15, 0.2) is 0 Å². The van der Waals surface area contributed by atoms with E-state index in [1.165, 1.54) is 0 Å². The average molecular weight is 290 g/mol. The van der Waals surface area contributed by atoms with Crippen LogP contribution in [-0.4, -0.2) is 5.21 Å². The normalized spacial score (nSPS) is 10.2. The van der Waals surface area contributed by atoms with Crippen LogP contribution in [0.15, 0.2) is 78.0 Å². The van der Waals surface area contributed by atoms with Gasteiger partial charge in [-0.15, -0.1) is 4.91 Å². The number of nitrogens with one attached hydrogen (secondary N) is 1. The lowest BCUT2D eigenvalue weighted by molar-refractivity contribution is 0.389. The third kappa shape index (κ3) is 2.47. The molecule has 22 heavy (non-hydrogen) atoms. The maximum atomic E-state index is 11.3. The third-order valence-electron chi connectivity index (χ3n) is 3.53.